The summed E-state index contributed by atoms with van der Waals surface area (Å²) < 4.78 is 10.9. The number of rotatable bonds is 5. The number of methoxy groups -OCH3 is 1. The largest absolute Gasteiger partial charge is 0.472 e. The molecule has 1 amide bonds. The van der Waals surface area contributed by atoms with Gasteiger partial charge in [-0.3, -0.25) is 4.79 Å². The van der Waals surface area contributed by atoms with Gasteiger partial charge in [0, 0.05) is 12.7 Å². The van der Waals surface area contributed by atoms with Crippen LogP contribution in [0, 0.1) is 6.92 Å². The average Bonchev–Trinajstić information content (AvgIpc) is 3.40. The zero-order valence-electron chi connectivity index (χ0n) is 19.4. The van der Waals surface area contributed by atoms with Crippen LogP contribution in [0.15, 0.2) is 48.9 Å². The number of benzene rings is 1. The first kappa shape index (κ1) is 23.9. The Morgan fingerprint density at radius 2 is 1.79 bits per heavy atom. The molecule has 4 rings (SSSR count). The number of carbonyl (C=O) groups excluding carboxylic acids is 2. The van der Waals surface area contributed by atoms with Gasteiger partial charge in [-0.2, -0.15) is 15.0 Å². The van der Waals surface area contributed by atoms with Crippen LogP contribution >= 0.6 is 0 Å². The van der Waals surface area contributed by atoms with Crippen molar-refractivity contribution in [3.8, 4) is 11.6 Å². The summed E-state index contributed by atoms with van der Waals surface area (Å²) in [5.41, 5.74) is 2.17. The maximum absolute atomic E-state index is 13.3. The van der Waals surface area contributed by atoms with Gasteiger partial charge in [0.05, 0.1) is 37.3 Å². The van der Waals surface area contributed by atoms with Crippen molar-refractivity contribution in [2.45, 2.75) is 39.7 Å². The molecule has 174 valence electrons. The number of likely N-dealkylation sites (tertiary alicyclic amines) is 1. The van der Waals surface area contributed by atoms with Crippen LogP contribution in [0.4, 0.5) is 0 Å². The molecule has 1 atom stereocenters. The predicted octanol–water partition coefficient (Wildman–Crippen LogP) is 3.47. The fourth-order valence-electron chi connectivity index (χ4n) is 3.69. The summed E-state index contributed by atoms with van der Waals surface area (Å²) in [6, 6.07) is 8.97. The summed E-state index contributed by atoms with van der Waals surface area (Å²) >= 11 is 0. The first-order valence-corrected chi connectivity index (χ1v) is 11.0. The first-order chi connectivity index (χ1) is 16.1. The number of ether oxygens (including phenoxy) is 2. The van der Waals surface area contributed by atoms with Crippen LogP contribution in [0.1, 0.15) is 53.0 Å². The van der Waals surface area contributed by atoms with Crippen molar-refractivity contribution in [1.29, 1.82) is 0 Å². The number of hydrogen-bond acceptors (Lipinski definition) is 7. The molecule has 0 spiro atoms. The van der Waals surface area contributed by atoms with E-state index >= 15 is 0 Å². The number of hydrogen-bond donors (Lipinski definition) is 0. The maximum atomic E-state index is 13.3. The minimum atomic E-state index is -0.495. The Kier molecular flexibility index (Phi) is 8.12. The molecule has 3 aromatic rings. The lowest BCUT2D eigenvalue weighted by Gasteiger charge is -2.33. The monoisotopic (exact) mass is 451 g/mol. The Hall–Kier alpha value is -3.75. The topological polar surface area (TPSA) is 99.4 Å². The van der Waals surface area contributed by atoms with Crippen LogP contribution in [0.25, 0.3) is 5.69 Å². The third-order valence-corrected chi connectivity index (χ3v) is 5.23. The second-order valence-electron chi connectivity index (χ2n) is 7.27. The fourth-order valence-corrected chi connectivity index (χ4v) is 3.69. The second kappa shape index (κ2) is 11.2. The molecular weight excluding hydrogens is 422 g/mol. The van der Waals surface area contributed by atoms with Crippen LogP contribution < -0.4 is 4.74 Å². The molecule has 1 fully saturated rings. The smallest absolute Gasteiger partial charge is 0.343 e. The Balaban J connectivity index is 0.00000149. The van der Waals surface area contributed by atoms with Crippen molar-refractivity contribution < 1.29 is 19.1 Å². The molecule has 3 heterocycles. The van der Waals surface area contributed by atoms with Crippen LogP contribution in [0.2, 0.25) is 0 Å². The lowest BCUT2D eigenvalue weighted by atomic mass is 10.1. The summed E-state index contributed by atoms with van der Waals surface area (Å²) in [7, 11) is 1.32. The zero-order chi connectivity index (χ0) is 23.8. The van der Waals surface area contributed by atoms with Gasteiger partial charge in [0.1, 0.15) is 11.7 Å². The van der Waals surface area contributed by atoms with Crippen LogP contribution in [-0.4, -0.2) is 63.1 Å². The van der Waals surface area contributed by atoms with E-state index in [-0.39, 0.29) is 17.9 Å². The van der Waals surface area contributed by atoms with Gasteiger partial charge in [-0.1, -0.05) is 26.0 Å². The molecule has 1 saturated heterocycles. The summed E-state index contributed by atoms with van der Waals surface area (Å²) in [4.78, 5) is 32.9. The van der Waals surface area contributed by atoms with Crippen LogP contribution in [-0.2, 0) is 4.74 Å². The summed E-state index contributed by atoms with van der Waals surface area (Å²) in [5, 5.41) is 8.29. The minimum absolute atomic E-state index is 0.119. The summed E-state index contributed by atoms with van der Waals surface area (Å²) in [6.45, 7) is 6.80. The first-order valence-electron chi connectivity index (χ1n) is 11.0. The van der Waals surface area contributed by atoms with E-state index in [1.165, 1.54) is 11.9 Å². The predicted molar refractivity (Wildman–Crippen MR) is 123 cm³/mol. The number of para-hydroxylation sites is 1. The Morgan fingerprint density at radius 1 is 1.06 bits per heavy atom. The SMILES string of the molecule is CC.COC(=O)c1c(C)ccnc1OC1CCCN(C(=O)c2ccccc2-n2nccn2)C1. The van der Waals surface area contributed by atoms with E-state index in [9.17, 15) is 9.59 Å². The Morgan fingerprint density at radius 3 is 2.52 bits per heavy atom. The molecule has 1 aliphatic rings. The number of aromatic nitrogens is 4. The lowest BCUT2D eigenvalue weighted by Crippen LogP contribution is -2.44. The molecule has 9 heteroatoms. The van der Waals surface area contributed by atoms with E-state index in [2.05, 4.69) is 15.2 Å². The Bertz CT molecular complexity index is 1080. The molecule has 9 nitrogen and oxygen atoms in total. The van der Waals surface area contributed by atoms with Gasteiger partial charge in [-0.25, -0.2) is 9.78 Å². The van der Waals surface area contributed by atoms with Crippen molar-refractivity contribution in [3.05, 3.63) is 65.6 Å². The van der Waals surface area contributed by atoms with E-state index in [0.717, 1.165) is 18.4 Å². The highest BCUT2D eigenvalue weighted by molar-refractivity contribution is 5.97. The minimum Gasteiger partial charge on any atom is -0.472 e. The number of amides is 1. The van der Waals surface area contributed by atoms with Gasteiger partial charge in [0.2, 0.25) is 5.88 Å². The molecule has 0 saturated carbocycles. The average molecular weight is 452 g/mol. The van der Waals surface area contributed by atoms with Gasteiger partial charge < -0.3 is 14.4 Å². The van der Waals surface area contributed by atoms with Crippen LogP contribution in [0.3, 0.4) is 0 Å². The van der Waals surface area contributed by atoms with Gasteiger partial charge >= 0.3 is 5.97 Å². The molecular formula is C24H29N5O4. The molecule has 1 unspecified atom stereocenters. The molecule has 0 radical (unpaired) electrons. The summed E-state index contributed by atoms with van der Waals surface area (Å²) in [5.74, 6) is -0.385. The number of aryl methyl sites for hydroxylation is 1. The van der Waals surface area contributed by atoms with Gasteiger partial charge in [0.25, 0.3) is 5.91 Å². The second-order valence-corrected chi connectivity index (χ2v) is 7.27. The summed E-state index contributed by atoms with van der Waals surface area (Å²) in [6.07, 6.45) is 5.97. The van der Waals surface area contributed by atoms with E-state index in [4.69, 9.17) is 9.47 Å². The normalized spacial score (nSPS) is 15.3. The molecule has 0 bridgehead atoms. The fraction of sp³-hybridized carbons (Fsp3) is 0.375. The number of esters is 1. The highest BCUT2D eigenvalue weighted by Gasteiger charge is 2.29. The molecule has 0 aliphatic carbocycles. The highest BCUT2D eigenvalue weighted by atomic mass is 16.5. The quantitative estimate of drug-likeness (QED) is 0.548. The van der Waals surface area contributed by atoms with Gasteiger partial charge in [-0.05, 0) is 43.5 Å². The number of piperidine rings is 1. The third kappa shape index (κ3) is 5.36. The molecule has 33 heavy (non-hydrogen) atoms. The standard InChI is InChI=1S/C22H23N5O4.C2H6/c1-15-9-10-23-20(19(15)22(29)30-2)31-16-6-5-13-26(14-16)21(28)17-7-3-4-8-18(17)27-24-11-12-25-27;1-2/h3-4,7-12,16H,5-6,13-14H2,1-2H3;1-2H3. The zero-order valence-corrected chi connectivity index (χ0v) is 19.4. The van der Waals surface area contributed by atoms with Gasteiger partial charge in [-0.15, -0.1) is 0 Å². The van der Waals surface area contributed by atoms with E-state index in [1.54, 1.807) is 42.5 Å². The molecule has 1 aromatic carbocycles. The van der Waals surface area contributed by atoms with Crippen LogP contribution in [0.5, 0.6) is 5.88 Å². The van der Waals surface area contributed by atoms with Crippen molar-refractivity contribution in [2.75, 3.05) is 20.2 Å². The number of carbonyl (C=O) groups is 2. The number of nitrogens with zero attached hydrogens (tertiary/aromatic N) is 5. The van der Waals surface area contributed by atoms with Crippen molar-refractivity contribution >= 4 is 11.9 Å². The highest BCUT2D eigenvalue weighted by Crippen LogP contribution is 2.25. The Labute approximate surface area is 193 Å². The van der Waals surface area contributed by atoms with E-state index in [0.29, 0.717) is 29.9 Å². The van der Waals surface area contributed by atoms with Crippen molar-refractivity contribution in [1.82, 2.24) is 24.9 Å². The van der Waals surface area contributed by atoms with Gasteiger partial charge in [0.15, 0.2) is 0 Å². The van der Waals surface area contributed by atoms with E-state index in [1.807, 2.05) is 32.0 Å². The maximum Gasteiger partial charge on any atom is 0.343 e. The molecule has 2 aromatic heterocycles. The van der Waals surface area contributed by atoms with Crippen molar-refractivity contribution in [3.63, 3.8) is 0 Å². The number of pyridine rings is 1. The molecule has 0 N–H and O–H groups in total. The third-order valence-electron chi connectivity index (χ3n) is 5.23. The lowest BCUT2D eigenvalue weighted by molar-refractivity contribution is 0.0497. The van der Waals surface area contributed by atoms with E-state index < -0.39 is 5.97 Å². The van der Waals surface area contributed by atoms with Crippen molar-refractivity contribution in [2.24, 2.45) is 0 Å². The molecule has 1 aliphatic heterocycles.